The van der Waals surface area contributed by atoms with Crippen LogP contribution in [0.1, 0.15) is 23.2 Å². The predicted molar refractivity (Wildman–Crippen MR) is 111 cm³/mol. The Labute approximate surface area is 167 Å². The van der Waals surface area contributed by atoms with Crippen LogP contribution < -0.4 is 4.72 Å². The summed E-state index contributed by atoms with van der Waals surface area (Å²) >= 11 is 1.48. The quantitative estimate of drug-likeness (QED) is 0.522. The fourth-order valence-electron chi connectivity index (χ4n) is 3.17. The highest BCUT2D eigenvalue weighted by molar-refractivity contribution is 7.89. The van der Waals surface area contributed by atoms with Gasteiger partial charge < -0.3 is 0 Å². The van der Waals surface area contributed by atoms with E-state index in [4.69, 9.17) is 4.98 Å². The summed E-state index contributed by atoms with van der Waals surface area (Å²) in [6, 6.07) is 16.8. The molecule has 6 nitrogen and oxygen atoms in total. The predicted octanol–water partition coefficient (Wildman–Crippen LogP) is 3.81. The van der Waals surface area contributed by atoms with E-state index in [1.54, 1.807) is 16.6 Å². The Morgan fingerprint density at radius 2 is 1.79 bits per heavy atom. The van der Waals surface area contributed by atoms with E-state index >= 15 is 0 Å². The number of rotatable bonds is 6. The molecule has 4 rings (SSSR count). The third-order valence-electron chi connectivity index (χ3n) is 4.52. The Morgan fingerprint density at radius 1 is 1.07 bits per heavy atom. The van der Waals surface area contributed by atoms with E-state index < -0.39 is 10.0 Å². The summed E-state index contributed by atoms with van der Waals surface area (Å²) in [5, 5.41) is 5.38. The van der Waals surface area contributed by atoms with Crippen LogP contribution in [-0.4, -0.2) is 23.0 Å². The number of hydrogen-bond acceptors (Lipinski definition) is 5. The Kier molecular flexibility index (Phi) is 5.01. The number of aromatic nitrogens is 3. The molecule has 0 aliphatic carbocycles. The summed E-state index contributed by atoms with van der Waals surface area (Å²) in [7, 11) is -3.66. The van der Waals surface area contributed by atoms with Crippen molar-refractivity contribution < 1.29 is 8.42 Å². The van der Waals surface area contributed by atoms with Crippen LogP contribution in [0.15, 0.2) is 59.5 Å². The molecule has 0 fully saturated rings. The molecule has 0 aliphatic heterocycles. The van der Waals surface area contributed by atoms with Crippen molar-refractivity contribution in [2.75, 3.05) is 0 Å². The van der Waals surface area contributed by atoms with Crippen LogP contribution in [0, 0.1) is 6.92 Å². The zero-order chi connectivity index (χ0) is 19.7. The molecular formula is C20H20N4O2S2. The normalized spacial score (nSPS) is 11.9. The number of nitrogens with zero attached hydrogens (tertiary/aromatic N) is 3. The molecule has 0 unspecified atom stereocenters. The summed E-state index contributed by atoms with van der Waals surface area (Å²) in [4.78, 5) is 5.76. The average molecular weight is 413 g/mol. The van der Waals surface area contributed by atoms with Crippen LogP contribution >= 0.6 is 11.3 Å². The number of benzene rings is 2. The van der Waals surface area contributed by atoms with Crippen molar-refractivity contribution in [3.8, 4) is 11.3 Å². The van der Waals surface area contributed by atoms with E-state index in [2.05, 4.69) is 9.82 Å². The number of imidazole rings is 1. The number of fused-ring (bicyclic) bond motifs is 1. The summed E-state index contributed by atoms with van der Waals surface area (Å²) in [6.07, 6.45) is 0.647. The molecule has 0 saturated heterocycles. The van der Waals surface area contributed by atoms with Gasteiger partial charge in [-0.2, -0.15) is 5.10 Å². The van der Waals surface area contributed by atoms with Gasteiger partial charge in [-0.3, -0.25) is 0 Å². The van der Waals surface area contributed by atoms with Crippen molar-refractivity contribution in [1.29, 1.82) is 0 Å². The minimum Gasteiger partial charge on any atom is -0.217 e. The van der Waals surface area contributed by atoms with Gasteiger partial charge in [-0.25, -0.2) is 22.6 Å². The highest BCUT2D eigenvalue weighted by Gasteiger charge is 2.21. The maximum atomic E-state index is 12.9. The smallest absolute Gasteiger partial charge is 0.217 e. The minimum absolute atomic E-state index is 0.106. The molecule has 0 saturated carbocycles. The van der Waals surface area contributed by atoms with Gasteiger partial charge in [0.25, 0.3) is 0 Å². The number of sulfonamides is 1. The fourth-order valence-corrected chi connectivity index (χ4v) is 5.23. The first-order chi connectivity index (χ1) is 13.5. The first kappa shape index (κ1) is 18.8. The molecule has 1 N–H and O–H groups in total. The van der Waals surface area contributed by atoms with Gasteiger partial charge in [-0.05, 0) is 25.0 Å². The molecule has 0 spiro atoms. The molecule has 144 valence electrons. The van der Waals surface area contributed by atoms with Crippen LogP contribution in [0.2, 0.25) is 0 Å². The van der Waals surface area contributed by atoms with Crippen molar-refractivity contribution in [1.82, 2.24) is 19.3 Å². The summed E-state index contributed by atoms with van der Waals surface area (Å²) in [6.45, 7) is 3.96. The standard InChI is InChI=1S/C20H20N4O2S2/c1-3-15-9-7-8-12-18(15)28(25,26)21-13-17-19(16-10-5-4-6-11-16)22-20-24(17)23-14(2)27-20/h4-12,21H,3,13H2,1-2H3. The molecule has 0 aliphatic rings. The van der Waals surface area contributed by atoms with Crippen molar-refractivity contribution in [3.63, 3.8) is 0 Å². The van der Waals surface area contributed by atoms with Crippen LogP contribution in [0.4, 0.5) is 0 Å². The Balaban J connectivity index is 1.73. The van der Waals surface area contributed by atoms with Crippen LogP contribution in [0.25, 0.3) is 16.2 Å². The number of aryl methyl sites for hydroxylation is 2. The van der Waals surface area contributed by atoms with E-state index in [1.165, 1.54) is 11.3 Å². The zero-order valence-corrected chi connectivity index (χ0v) is 17.2. The molecule has 0 amide bonds. The number of hydrogen-bond donors (Lipinski definition) is 1. The molecule has 4 aromatic rings. The van der Waals surface area contributed by atoms with Gasteiger partial charge in [0, 0.05) is 5.56 Å². The van der Waals surface area contributed by atoms with Crippen LogP contribution in [0.5, 0.6) is 0 Å². The summed E-state index contributed by atoms with van der Waals surface area (Å²) in [5.41, 5.74) is 3.19. The van der Waals surface area contributed by atoms with Crippen molar-refractivity contribution >= 4 is 26.3 Å². The third-order valence-corrected chi connectivity index (χ3v) is 6.84. The first-order valence-corrected chi connectivity index (χ1v) is 11.3. The molecule has 0 bridgehead atoms. The van der Waals surface area contributed by atoms with Crippen molar-refractivity contribution in [3.05, 3.63) is 70.9 Å². The lowest BCUT2D eigenvalue weighted by molar-refractivity contribution is 0.578. The molecule has 8 heteroatoms. The highest BCUT2D eigenvalue weighted by Crippen LogP contribution is 2.27. The van der Waals surface area contributed by atoms with Gasteiger partial charge in [0.05, 0.1) is 22.8 Å². The lowest BCUT2D eigenvalue weighted by Gasteiger charge is -2.11. The minimum atomic E-state index is -3.66. The SMILES string of the molecule is CCc1ccccc1S(=O)(=O)NCc1c(-c2ccccc2)nc2sc(C)nn12. The van der Waals surface area contributed by atoms with Crippen LogP contribution in [-0.2, 0) is 23.0 Å². The first-order valence-electron chi connectivity index (χ1n) is 8.97. The van der Waals surface area contributed by atoms with Gasteiger partial charge in [0.1, 0.15) is 5.01 Å². The lowest BCUT2D eigenvalue weighted by Crippen LogP contribution is -2.25. The van der Waals surface area contributed by atoms with Gasteiger partial charge in [0.15, 0.2) is 0 Å². The monoisotopic (exact) mass is 412 g/mol. The van der Waals surface area contributed by atoms with Gasteiger partial charge in [-0.1, -0.05) is 66.8 Å². The number of nitrogens with one attached hydrogen (secondary N) is 1. The lowest BCUT2D eigenvalue weighted by atomic mass is 10.1. The van der Waals surface area contributed by atoms with Crippen LogP contribution in [0.3, 0.4) is 0 Å². The van der Waals surface area contributed by atoms with E-state index in [0.717, 1.165) is 32.5 Å². The van der Waals surface area contributed by atoms with E-state index in [1.807, 2.05) is 56.3 Å². The molecular weight excluding hydrogens is 392 g/mol. The Morgan fingerprint density at radius 3 is 2.54 bits per heavy atom. The van der Waals surface area contributed by atoms with Crippen molar-refractivity contribution in [2.24, 2.45) is 0 Å². The maximum absolute atomic E-state index is 12.9. The van der Waals surface area contributed by atoms with E-state index in [-0.39, 0.29) is 6.54 Å². The average Bonchev–Trinajstić information content (AvgIpc) is 3.23. The summed E-state index contributed by atoms with van der Waals surface area (Å²) in [5.74, 6) is 0. The zero-order valence-electron chi connectivity index (χ0n) is 15.6. The second-order valence-corrected chi connectivity index (χ2v) is 9.27. The fraction of sp³-hybridized carbons (Fsp3) is 0.200. The largest absolute Gasteiger partial charge is 0.241 e. The van der Waals surface area contributed by atoms with Gasteiger partial charge >= 0.3 is 0 Å². The Hall–Kier alpha value is -2.55. The molecule has 2 aromatic heterocycles. The second kappa shape index (κ2) is 7.46. The van der Waals surface area contributed by atoms with Gasteiger partial charge in [0.2, 0.25) is 15.0 Å². The summed E-state index contributed by atoms with van der Waals surface area (Å²) < 4.78 is 30.3. The Bertz CT molecular complexity index is 1230. The third kappa shape index (κ3) is 3.46. The molecule has 0 atom stereocenters. The maximum Gasteiger partial charge on any atom is 0.241 e. The molecule has 0 radical (unpaired) electrons. The second-order valence-electron chi connectivity index (χ2n) is 6.37. The molecule has 2 heterocycles. The van der Waals surface area contributed by atoms with E-state index in [9.17, 15) is 8.42 Å². The van der Waals surface area contributed by atoms with E-state index in [0.29, 0.717) is 11.3 Å². The van der Waals surface area contributed by atoms with Crippen molar-refractivity contribution in [2.45, 2.75) is 31.7 Å². The topological polar surface area (TPSA) is 76.4 Å². The molecule has 2 aromatic carbocycles. The highest BCUT2D eigenvalue weighted by atomic mass is 32.2. The van der Waals surface area contributed by atoms with Gasteiger partial charge in [-0.15, -0.1) is 0 Å². The molecule has 28 heavy (non-hydrogen) atoms.